The van der Waals surface area contributed by atoms with Gasteiger partial charge in [-0.05, 0) is 47.4 Å². The molecule has 2 N–H and O–H groups in total. The fourth-order valence-corrected chi connectivity index (χ4v) is 2.86. The number of aldehydes is 1. The zero-order valence-electron chi connectivity index (χ0n) is 13.2. The average Bonchev–Trinajstić information content (AvgIpc) is 2.62. The molecule has 0 atom stereocenters. The number of benzene rings is 2. The van der Waals surface area contributed by atoms with Crippen molar-refractivity contribution < 1.29 is 15.0 Å². The van der Waals surface area contributed by atoms with Crippen molar-refractivity contribution >= 4 is 6.29 Å². The maximum absolute atomic E-state index is 11.5. The summed E-state index contributed by atoms with van der Waals surface area (Å²) in [5, 5.41) is 19.0. The number of carbonyl (C=O) groups is 1. The van der Waals surface area contributed by atoms with Gasteiger partial charge in [-0.3, -0.25) is 9.78 Å². The molecule has 0 spiro atoms. The number of rotatable bonds is 4. The van der Waals surface area contributed by atoms with Crippen LogP contribution in [0.4, 0.5) is 0 Å². The van der Waals surface area contributed by atoms with E-state index < -0.39 is 0 Å². The number of hydrogen-bond donors (Lipinski definition) is 2. The molecule has 3 aromatic rings. The van der Waals surface area contributed by atoms with Crippen LogP contribution in [0, 0.1) is 0 Å². The number of aromatic hydroxyl groups is 2. The van der Waals surface area contributed by atoms with Crippen LogP contribution in [-0.4, -0.2) is 21.5 Å². The van der Waals surface area contributed by atoms with Crippen molar-refractivity contribution in [3.8, 4) is 33.8 Å². The molecule has 1 aromatic heterocycles. The Balaban J connectivity index is 2.26. The topological polar surface area (TPSA) is 70.4 Å². The van der Waals surface area contributed by atoms with Crippen LogP contribution in [0.25, 0.3) is 22.3 Å². The molecule has 1 heterocycles. The Labute approximate surface area is 140 Å². The quantitative estimate of drug-likeness (QED) is 0.707. The Morgan fingerprint density at radius 1 is 0.917 bits per heavy atom. The first-order chi connectivity index (χ1) is 11.6. The zero-order valence-corrected chi connectivity index (χ0v) is 13.2. The number of phenolic OH excluding ortho intramolecular Hbond substituents is 2. The summed E-state index contributed by atoms with van der Waals surface area (Å²) in [7, 11) is 0. The number of aromatic nitrogens is 1. The number of hydrogen-bond acceptors (Lipinski definition) is 4. The van der Waals surface area contributed by atoms with Gasteiger partial charge in [-0.1, -0.05) is 31.2 Å². The summed E-state index contributed by atoms with van der Waals surface area (Å²) < 4.78 is 0. The largest absolute Gasteiger partial charge is 0.508 e. The van der Waals surface area contributed by atoms with E-state index in [-0.39, 0.29) is 11.5 Å². The van der Waals surface area contributed by atoms with Crippen LogP contribution in [0.15, 0.2) is 54.7 Å². The van der Waals surface area contributed by atoms with E-state index in [1.165, 1.54) is 0 Å². The molecule has 2 aromatic carbocycles. The Morgan fingerprint density at radius 2 is 1.46 bits per heavy atom. The summed E-state index contributed by atoms with van der Waals surface area (Å²) in [6.07, 6.45) is 3.16. The van der Waals surface area contributed by atoms with Crippen molar-refractivity contribution in [1.82, 2.24) is 4.98 Å². The average molecular weight is 319 g/mol. The van der Waals surface area contributed by atoms with Gasteiger partial charge in [0.15, 0.2) is 6.29 Å². The SMILES string of the molecule is CCc1c(-c2ccc(O)cc2)cnc(C=O)c1-c1ccc(O)cc1. The lowest BCUT2D eigenvalue weighted by molar-refractivity contribution is 0.111. The molecular weight excluding hydrogens is 302 g/mol. The van der Waals surface area contributed by atoms with Crippen LogP contribution in [0.5, 0.6) is 11.5 Å². The van der Waals surface area contributed by atoms with Crippen molar-refractivity contribution in [1.29, 1.82) is 0 Å². The molecule has 0 aliphatic carbocycles. The lowest BCUT2D eigenvalue weighted by Crippen LogP contribution is -2.01. The highest BCUT2D eigenvalue weighted by atomic mass is 16.3. The molecule has 0 aliphatic rings. The van der Waals surface area contributed by atoms with Crippen LogP contribution in [0.1, 0.15) is 23.0 Å². The molecule has 120 valence electrons. The fourth-order valence-electron chi connectivity index (χ4n) is 2.86. The number of pyridine rings is 1. The number of carbonyl (C=O) groups excluding carboxylic acids is 1. The predicted molar refractivity (Wildman–Crippen MR) is 93.2 cm³/mol. The molecule has 0 aliphatic heterocycles. The van der Waals surface area contributed by atoms with Crippen LogP contribution in [0.3, 0.4) is 0 Å². The van der Waals surface area contributed by atoms with E-state index >= 15 is 0 Å². The third kappa shape index (κ3) is 2.86. The summed E-state index contributed by atoms with van der Waals surface area (Å²) in [5.41, 5.74) is 4.84. The monoisotopic (exact) mass is 319 g/mol. The van der Waals surface area contributed by atoms with Gasteiger partial charge in [0.1, 0.15) is 17.2 Å². The zero-order chi connectivity index (χ0) is 17.1. The van der Waals surface area contributed by atoms with Gasteiger partial charge in [0.2, 0.25) is 0 Å². The lowest BCUT2D eigenvalue weighted by Gasteiger charge is -2.16. The molecule has 0 radical (unpaired) electrons. The number of phenols is 2. The minimum atomic E-state index is 0.173. The van der Waals surface area contributed by atoms with Crippen molar-refractivity contribution in [2.45, 2.75) is 13.3 Å². The van der Waals surface area contributed by atoms with Gasteiger partial charge in [0.05, 0.1) is 0 Å². The maximum atomic E-state index is 11.5. The van der Waals surface area contributed by atoms with E-state index in [1.807, 2.05) is 19.1 Å². The molecule has 3 rings (SSSR count). The molecule has 4 nitrogen and oxygen atoms in total. The summed E-state index contributed by atoms with van der Waals surface area (Å²) in [5.74, 6) is 0.375. The lowest BCUT2D eigenvalue weighted by atomic mass is 9.90. The van der Waals surface area contributed by atoms with Gasteiger partial charge < -0.3 is 10.2 Å². The molecule has 0 fully saturated rings. The molecule has 0 saturated heterocycles. The van der Waals surface area contributed by atoms with Crippen molar-refractivity contribution in [2.75, 3.05) is 0 Å². The molecule has 0 unspecified atom stereocenters. The van der Waals surface area contributed by atoms with Gasteiger partial charge in [0.25, 0.3) is 0 Å². The first kappa shape index (κ1) is 15.7. The van der Waals surface area contributed by atoms with Gasteiger partial charge in [-0.25, -0.2) is 0 Å². The summed E-state index contributed by atoms with van der Waals surface area (Å²) in [4.78, 5) is 15.8. The highest BCUT2D eigenvalue weighted by molar-refractivity contribution is 5.90. The summed E-state index contributed by atoms with van der Waals surface area (Å²) >= 11 is 0. The smallest absolute Gasteiger partial charge is 0.169 e. The van der Waals surface area contributed by atoms with Gasteiger partial charge in [-0.2, -0.15) is 0 Å². The molecule has 24 heavy (non-hydrogen) atoms. The number of nitrogens with zero attached hydrogens (tertiary/aromatic N) is 1. The first-order valence-electron chi connectivity index (χ1n) is 7.70. The summed E-state index contributed by atoms with van der Waals surface area (Å²) in [6.45, 7) is 2.03. The first-order valence-corrected chi connectivity index (χ1v) is 7.70. The van der Waals surface area contributed by atoms with Crippen LogP contribution < -0.4 is 0 Å². The van der Waals surface area contributed by atoms with E-state index in [1.54, 1.807) is 42.6 Å². The minimum Gasteiger partial charge on any atom is -0.508 e. The molecule has 4 heteroatoms. The molecule has 0 amide bonds. The Morgan fingerprint density at radius 3 is 1.96 bits per heavy atom. The van der Waals surface area contributed by atoms with Crippen LogP contribution in [-0.2, 0) is 6.42 Å². The molecular formula is C20H17NO3. The third-order valence-corrected chi connectivity index (χ3v) is 4.02. The normalized spacial score (nSPS) is 10.5. The standard InChI is InChI=1S/C20H17NO3/c1-2-17-18(13-3-7-15(23)8-4-13)11-21-19(12-22)20(17)14-5-9-16(24)10-6-14/h3-12,23-24H,2H2,1H3. The third-order valence-electron chi connectivity index (χ3n) is 4.02. The van der Waals surface area contributed by atoms with E-state index in [0.717, 1.165) is 40.5 Å². The highest BCUT2D eigenvalue weighted by Crippen LogP contribution is 2.35. The second-order valence-corrected chi connectivity index (χ2v) is 5.48. The van der Waals surface area contributed by atoms with Crippen molar-refractivity contribution in [3.63, 3.8) is 0 Å². The maximum Gasteiger partial charge on any atom is 0.169 e. The van der Waals surface area contributed by atoms with Crippen LogP contribution in [0.2, 0.25) is 0 Å². The van der Waals surface area contributed by atoms with Crippen molar-refractivity contribution in [2.24, 2.45) is 0 Å². The predicted octanol–water partition coefficient (Wildman–Crippen LogP) is 4.20. The molecule has 0 bridgehead atoms. The van der Waals surface area contributed by atoms with Gasteiger partial charge in [0, 0.05) is 17.3 Å². The highest BCUT2D eigenvalue weighted by Gasteiger charge is 2.16. The van der Waals surface area contributed by atoms with E-state index in [4.69, 9.17) is 0 Å². The van der Waals surface area contributed by atoms with Crippen LogP contribution >= 0.6 is 0 Å². The van der Waals surface area contributed by atoms with E-state index in [2.05, 4.69) is 4.98 Å². The minimum absolute atomic E-state index is 0.173. The summed E-state index contributed by atoms with van der Waals surface area (Å²) in [6, 6.07) is 13.6. The fraction of sp³-hybridized carbons (Fsp3) is 0.100. The van der Waals surface area contributed by atoms with Gasteiger partial charge in [-0.15, -0.1) is 0 Å². The van der Waals surface area contributed by atoms with Crippen molar-refractivity contribution in [3.05, 3.63) is 66.0 Å². The Kier molecular flexibility index (Phi) is 4.29. The Hall–Kier alpha value is -3.14. The second kappa shape index (κ2) is 6.54. The Bertz CT molecular complexity index is 869. The van der Waals surface area contributed by atoms with E-state index in [0.29, 0.717) is 5.69 Å². The van der Waals surface area contributed by atoms with Gasteiger partial charge >= 0.3 is 0 Å². The molecule has 0 saturated carbocycles. The second-order valence-electron chi connectivity index (χ2n) is 5.48. The van der Waals surface area contributed by atoms with E-state index in [9.17, 15) is 15.0 Å².